The smallest absolute Gasteiger partial charge is 0.248 e. The third-order valence-electron chi connectivity index (χ3n) is 4.84. The Morgan fingerprint density at radius 2 is 1.23 bits per heavy atom. The highest BCUT2D eigenvalue weighted by Gasteiger charge is 2.45. The number of aryl methyl sites for hydroxylation is 3. The first-order valence-electron chi connectivity index (χ1n) is 9.05. The normalized spacial score (nSPS) is 13.0. The van der Waals surface area contributed by atoms with Gasteiger partial charge in [0.2, 0.25) is 18.2 Å². The summed E-state index contributed by atoms with van der Waals surface area (Å²) in [4.78, 5) is 27.4. The number of carbonyl (C=O) groups excluding carboxylic acids is 2. The Morgan fingerprint density at radius 3 is 1.80 bits per heavy atom. The molecule has 3 nitrogen and oxygen atoms in total. The molecular weight excluding hydrogens is 462 g/mol. The van der Waals surface area contributed by atoms with Crippen LogP contribution in [0.15, 0.2) is 54.6 Å². The Bertz CT molecular complexity index is 1200. The molecule has 154 valence electrons. The number of hydrogen-bond donors (Lipinski definition) is 0. The highest BCUT2D eigenvalue weighted by molar-refractivity contribution is 8.01. The molecule has 30 heavy (non-hydrogen) atoms. The minimum absolute atomic E-state index is 0.0179. The van der Waals surface area contributed by atoms with Crippen LogP contribution in [-0.4, -0.2) is 11.0 Å². The lowest BCUT2D eigenvalue weighted by atomic mass is 10.0. The SMILES string of the molecule is Cc1cc(C)c(C(=O)P(=O)(C(=O)c2c(Cl)ccc(Cl)c2Cl)c2ccccc2)c(C)c1. The molecule has 0 N–H and O–H groups in total. The zero-order valence-electron chi connectivity index (χ0n) is 16.5. The molecule has 0 aromatic heterocycles. The number of carbonyl (C=O) groups is 2. The lowest BCUT2D eigenvalue weighted by Gasteiger charge is -2.20. The highest BCUT2D eigenvalue weighted by atomic mass is 35.5. The Hall–Kier alpha value is -1.90. The van der Waals surface area contributed by atoms with Crippen LogP contribution in [0.4, 0.5) is 0 Å². The van der Waals surface area contributed by atoms with E-state index in [0.717, 1.165) is 5.56 Å². The molecule has 0 radical (unpaired) electrons. The van der Waals surface area contributed by atoms with Crippen LogP contribution < -0.4 is 5.30 Å². The first kappa shape index (κ1) is 22.8. The summed E-state index contributed by atoms with van der Waals surface area (Å²) in [5, 5.41) is 0.0526. The first-order valence-corrected chi connectivity index (χ1v) is 11.9. The summed E-state index contributed by atoms with van der Waals surface area (Å²) in [6.07, 6.45) is 0. The lowest BCUT2D eigenvalue weighted by molar-refractivity contribution is 0.104. The average Bonchev–Trinajstić information content (AvgIpc) is 2.70. The molecule has 1 atom stereocenters. The Kier molecular flexibility index (Phi) is 6.60. The van der Waals surface area contributed by atoms with Crippen LogP contribution in [0, 0.1) is 20.8 Å². The van der Waals surface area contributed by atoms with E-state index in [1.165, 1.54) is 24.3 Å². The van der Waals surface area contributed by atoms with E-state index in [1.54, 1.807) is 32.0 Å². The van der Waals surface area contributed by atoms with E-state index < -0.39 is 18.2 Å². The largest absolute Gasteiger partial charge is 0.302 e. The summed E-state index contributed by atoms with van der Waals surface area (Å²) in [5.74, 6) is 0. The fourth-order valence-electron chi connectivity index (χ4n) is 3.52. The Balaban J connectivity index is 2.33. The molecule has 0 aliphatic rings. The van der Waals surface area contributed by atoms with E-state index in [-0.39, 0.29) is 31.5 Å². The molecule has 0 amide bonds. The van der Waals surface area contributed by atoms with Crippen LogP contribution in [0.3, 0.4) is 0 Å². The second kappa shape index (κ2) is 8.69. The van der Waals surface area contributed by atoms with Crippen molar-refractivity contribution in [1.29, 1.82) is 0 Å². The van der Waals surface area contributed by atoms with Crippen LogP contribution in [0.2, 0.25) is 15.1 Å². The van der Waals surface area contributed by atoms with E-state index in [1.807, 2.05) is 19.1 Å². The molecule has 3 aromatic rings. The third kappa shape index (κ3) is 3.88. The van der Waals surface area contributed by atoms with E-state index in [4.69, 9.17) is 34.8 Å². The van der Waals surface area contributed by atoms with Crippen molar-refractivity contribution < 1.29 is 14.2 Å². The van der Waals surface area contributed by atoms with Gasteiger partial charge in [0.15, 0.2) is 0 Å². The molecule has 3 aromatic carbocycles. The summed E-state index contributed by atoms with van der Waals surface area (Å²) in [6.45, 7) is 5.42. The average molecular weight is 480 g/mol. The van der Waals surface area contributed by atoms with Gasteiger partial charge in [0.05, 0.1) is 20.6 Å². The van der Waals surface area contributed by atoms with E-state index in [2.05, 4.69) is 0 Å². The molecule has 0 aliphatic carbocycles. The van der Waals surface area contributed by atoms with Gasteiger partial charge in [-0.25, -0.2) is 0 Å². The van der Waals surface area contributed by atoms with Gasteiger partial charge in [-0.15, -0.1) is 0 Å². The van der Waals surface area contributed by atoms with Gasteiger partial charge >= 0.3 is 0 Å². The minimum atomic E-state index is -4.35. The van der Waals surface area contributed by atoms with Crippen LogP contribution in [-0.2, 0) is 4.57 Å². The molecule has 0 fully saturated rings. The van der Waals surface area contributed by atoms with Crippen molar-refractivity contribution in [3.8, 4) is 0 Å². The zero-order chi connectivity index (χ0) is 22.2. The summed E-state index contributed by atoms with van der Waals surface area (Å²) in [6, 6.07) is 14.4. The Morgan fingerprint density at radius 1 is 0.733 bits per heavy atom. The topological polar surface area (TPSA) is 51.2 Å². The quantitative estimate of drug-likeness (QED) is 0.286. The summed E-state index contributed by atoms with van der Waals surface area (Å²) >= 11 is 18.6. The van der Waals surface area contributed by atoms with Crippen molar-refractivity contribution in [2.24, 2.45) is 0 Å². The van der Waals surface area contributed by atoms with Gasteiger partial charge in [0, 0.05) is 10.9 Å². The fraction of sp³-hybridized carbons (Fsp3) is 0.130. The highest BCUT2D eigenvalue weighted by Crippen LogP contribution is 2.54. The lowest BCUT2D eigenvalue weighted by Crippen LogP contribution is -2.22. The van der Waals surface area contributed by atoms with Gasteiger partial charge in [-0.05, 0) is 44.0 Å². The maximum atomic E-state index is 14.4. The zero-order valence-corrected chi connectivity index (χ0v) is 19.7. The molecule has 0 saturated heterocycles. The summed E-state index contributed by atoms with van der Waals surface area (Å²) < 4.78 is 14.4. The Labute approximate surface area is 190 Å². The molecular formula is C23H18Cl3O3P. The molecule has 1 unspecified atom stereocenters. The molecule has 0 bridgehead atoms. The maximum Gasteiger partial charge on any atom is 0.248 e. The standard InChI is InChI=1S/C23H18Cl3O3P/c1-13-11-14(2)19(15(3)12-13)22(27)30(29,16-7-5-4-6-8-16)23(28)20-17(24)9-10-18(25)21(20)26/h4-12H,1-3H3. The molecule has 0 saturated carbocycles. The first-order chi connectivity index (χ1) is 14.1. The van der Waals surface area contributed by atoms with Crippen LogP contribution in [0.25, 0.3) is 0 Å². The van der Waals surface area contributed by atoms with Crippen LogP contribution in [0.5, 0.6) is 0 Å². The van der Waals surface area contributed by atoms with Gasteiger partial charge in [-0.3, -0.25) is 9.59 Å². The third-order valence-corrected chi connectivity index (χ3v) is 8.58. The van der Waals surface area contributed by atoms with Gasteiger partial charge in [-0.2, -0.15) is 0 Å². The summed E-state index contributed by atoms with van der Waals surface area (Å²) in [5.41, 5.74) is 0.610. The minimum Gasteiger partial charge on any atom is -0.302 e. The van der Waals surface area contributed by atoms with Crippen LogP contribution in [0.1, 0.15) is 37.4 Å². The molecule has 3 rings (SSSR count). The van der Waals surface area contributed by atoms with Crippen molar-refractivity contribution in [2.45, 2.75) is 20.8 Å². The van der Waals surface area contributed by atoms with Crippen LogP contribution >= 0.6 is 41.9 Å². The predicted molar refractivity (Wildman–Crippen MR) is 124 cm³/mol. The van der Waals surface area contributed by atoms with Crippen molar-refractivity contribution in [3.63, 3.8) is 0 Å². The van der Waals surface area contributed by atoms with Gasteiger partial charge in [-0.1, -0.05) is 82.8 Å². The second-order valence-corrected chi connectivity index (χ2v) is 10.8. The van der Waals surface area contributed by atoms with Crippen molar-refractivity contribution in [3.05, 3.63) is 97.5 Å². The summed E-state index contributed by atoms with van der Waals surface area (Å²) in [7, 11) is -4.35. The van der Waals surface area contributed by atoms with E-state index in [0.29, 0.717) is 11.1 Å². The maximum absolute atomic E-state index is 14.4. The van der Waals surface area contributed by atoms with Gasteiger partial charge in [0.1, 0.15) is 0 Å². The number of hydrogen-bond acceptors (Lipinski definition) is 3. The number of halogens is 3. The van der Waals surface area contributed by atoms with E-state index >= 15 is 0 Å². The second-order valence-electron chi connectivity index (χ2n) is 7.05. The van der Waals surface area contributed by atoms with Crippen molar-refractivity contribution >= 4 is 58.3 Å². The van der Waals surface area contributed by atoms with E-state index in [9.17, 15) is 14.2 Å². The number of rotatable bonds is 5. The van der Waals surface area contributed by atoms with Gasteiger partial charge < -0.3 is 4.57 Å². The van der Waals surface area contributed by atoms with Crippen molar-refractivity contribution in [1.82, 2.24) is 0 Å². The predicted octanol–water partition coefficient (Wildman–Crippen LogP) is 7.24. The molecule has 0 spiro atoms. The fourth-order valence-corrected chi connectivity index (χ4v) is 6.81. The molecule has 7 heteroatoms. The number of benzene rings is 3. The van der Waals surface area contributed by atoms with Crippen molar-refractivity contribution in [2.75, 3.05) is 0 Å². The monoisotopic (exact) mass is 478 g/mol. The molecule has 0 aliphatic heterocycles. The van der Waals surface area contributed by atoms with Gasteiger partial charge in [0.25, 0.3) is 0 Å². The molecule has 0 heterocycles.